The molecule has 0 saturated carbocycles. The van der Waals surface area contributed by atoms with E-state index in [2.05, 4.69) is 27.0 Å². The number of nitrogens with zero attached hydrogens (tertiary/aromatic N) is 2. The average Bonchev–Trinajstić information content (AvgIpc) is 2.74. The minimum atomic E-state index is 0.203. The van der Waals surface area contributed by atoms with Crippen LogP contribution >= 0.6 is 15.9 Å². The smallest absolute Gasteiger partial charge is 0.142 e. The standard InChI is InChI=1S/C24H16BrN3O/c25-18-8-4-7-17(12-18)23-14-21(22(15-26)24(27)28-23)16-6-5-11-20(13-16)29-19-9-2-1-3-10-19/h1-14H,(H2,27,28). The van der Waals surface area contributed by atoms with Crippen LogP contribution in [-0.2, 0) is 0 Å². The summed E-state index contributed by atoms with van der Waals surface area (Å²) in [6, 6.07) is 29.0. The highest BCUT2D eigenvalue weighted by atomic mass is 79.9. The van der Waals surface area contributed by atoms with E-state index >= 15 is 0 Å². The quantitative estimate of drug-likeness (QED) is 0.396. The van der Waals surface area contributed by atoms with Crippen molar-refractivity contribution in [2.45, 2.75) is 0 Å². The summed E-state index contributed by atoms with van der Waals surface area (Å²) in [5, 5.41) is 9.66. The molecule has 0 unspecified atom stereocenters. The van der Waals surface area contributed by atoms with Crippen molar-refractivity contribution >= 4 is 21.7 Å². The van der Waals surface area contributed by atoms with Gasteiger partial charge in [0.1, 0.15) is 28.9 Å². The Kier molecular flexibility index (Phi) is 5.28. The number of para-hydroxylation sites is 1. The van der Waals surface area contributed by atoms with Gasteiger partial charge in [-0.25, -0.2) is 4.98 Å². The number of rotatable bonds is 4. The number of hydrogen-bond donors (Lipinski definition) is 1. The Morgan fingerprint density at radius 1 is 0.828 bits per heavy atom. The molecule has 0 aliphatic carbocycles. The molecule has 0 atom stereocenters. The average molecular weight is 442 g/mol. The van der Waals surface area contributed by atoms with E-state index in [-0.39, 0.29) is 5.82 Å². The molecular formula is C24H16BrN3O. The van der Waals surface area contributed by atoms with Gasteiger partial charge >= 0.3 is 0 Å². The predicted molar refractivity (Wildman–Crippen MR) is 118 cm³/mol. The van der Waals surface area contributed by atoms with Gasteiger partial charge < -0.3 is 10.5 Å². The number of benzene rings is 3. The van der Waals surface area contributed by atoms with Crippen molar-refractivity contribution in [3.8, 4) is 40.0 Å². The Balaban J connectivity index is 1.80. The van der Waals surface area contributed by atoms with E-state index in [1.165, 1.54) is 0 Å². The third kappa shape index (κ3) is 4.13. The van der Waals surface area contributed by atoms with Crippen LogP contribution in [0.15, 0.2) is 89.4 Å². The van der Waals surface area contributed by atoms with Crippen LogP contribution in [0.25, 0.3) is 22.4 Å². The summed E-state index contributed by atoms with van der Waals surface area (Å²) < 4.78 is 6.88. The molecule has 0 fully saturated rings. The molecular weight excluding hydrogens is 426 g/mol. The maximum atomic E-state index is 9.66. The second kappa shape index (κ2) is 8.17. The van der Waals surface area contributed by atoms with Crippen molar-refractivity contribution in [2.24, 2.45) is 0 Å². The summed E-state index contributed by atoms with van der Waals surface area (Å²) in [5.74, 6) is 1.63. The molecule has 0 saturated heterocycles. The Hall–Kier alpha value is -3.62. The summed E-state index contributed by atoms with van der Waals surface area (Å²) >= 11 is 3.48. The van der Waals surface area contributed by atoms with Gasteiger partial charge in [-0.05, 0) is 48.0 Å². The molecule has 1 heterocycles. The van der Waals surface area contributed by atoms with Gasteiger partial charge in [0.2, 0.25) is 0 Å². The lowest BCUT2D eigenvalue weighted by Crippen LogP contribution is -2.00. The Morgan fingerprint density at radius 2 is 1.55 bits per heavy atom. The largest absolute Gasteiger partial charge is 0.457 e. The summed E-state index contributed by atoms with van der Waals surface area (Å²) in [4.78, 5) is 4.43. The number of hydrogen-bond acceptors (Lipinski definition) is 4. The normalized spacial score (nSPS) is 10.3. The van der Waals surface area contributed by atoms with Crippen molar-refractivity contribution in [3.05, 3.63) is 95.0 Å². The summed E-state index contributed by atoms with van der Waals surface area (Å²) in [6.45, 7) is 0. The first-order valence-corrected chi connectivity index (χ1v) is 9.73. The number of nitriles is 1. The highest BCUT2D eigenvalue weighted by Gasteiger charge is 2.14. The Morgan fingerprint density at radius 3 is 2.31 bits per heavy atom. The molecule has 4 nitrogen and oxygen atoms in total. The van der Waals surface area contributed by atoms with E-state index in [9.17, 15) is 5.26 Å². The van der Waals surface area contributed by atoms with Gasteiger partial charge in [-0.15, -0.1) is 0 Å². The van der Waals surface area contributed by atoms with Gasteiger partial charge in [0.25, 0.3) is 0 Å². The number of nitrogens with two attached hydrogens (primary N) is 1. The zero-order chi connectivity index (χ0) is 20.2. The zero-order valence-corrected chi connectivity index (χ0v) is 16.9. The van der Waals surface area contributed by atoms with Crippen LogP contribution in [0.2, 0.25) is 0 Å². The number of pyridine rings is 1. The Labute approximate surface area is 177 Å². The van der Waals surface area contributed by atoms with Crippen LogP contribution in [0, 0.1) is 11.3 Å². The molecule has 5 heteroatoms. The van der Waals surface area contributed by atoms with Gasteiger partial charge in [0.05, 0.1) is 5.69 Å². The third-order valence-corrected chi connectivity index (χ3v) is 4.90. The maximum absolute atomic E-state index is 9.66. The van der Waals surface area contributed by atoms with E-state index in [0.29, 0.717) is 22.6 Å². The lowest BCUT2D eigenvalue weighted by Gasteiger charge is -2.12. The van der Waals surface area contributed by atoms with Crippen molar-refractivity contribution in [2.75, 3.05) is 5.73 Å². The topological polar surface area (TPSA) is 71.9 Å². The molecule has 4 aromatic rings. The Bertz CT molecular complexity index is 1220. The summed E-state index contributed by atoms with van der Waals surface area (Å²) in [6.07, 6.45) is 0. The molecule has 0 spiro atoms. The van der Waals surface area contributed by atoms with Crippen molar-refractivity contribution in [1.82, 2.24) is 4.98 Å². The summed E-state index contributed by atoms with van der Waals surface area (Å²) in [5.41, 5.74) is 9.64. The van der Waals surface area contributed by atoms with Crippen LogP contribution in [0.3, 0.4) is 0 Å². The molecule has 0 amide bonds. The predicted octanol–water partition coefficient (Wildman–Crippen LogP) is 6.42. The van der Waals surface area contributed by atoms with E-state index < -0.39 is 0 Å². The van der Waals surface area contributed by atoms with E-state index in [1.807, 2.05) is 84.9 Å². The number of aromatic nitrogens is 1. The molecule has 0 aliphatic rings. The molecule has 1 aromatic heterocycles. The highest BCUT2D eigenvalue weighted by molar-refractivity contribution is 9.10. The fraction of sp³-hybridized carbons (Fsp3) is 0. The summed E-state index contributed by atoms with van der Waals surface area (Å²) in [7, 11) is 0. The second-order valence-corrected chi connectivity index (χ2v) is 7.30. The number of halogens is 1. The van der Waals surface area contributed by atoms with Crippen LogP contribution < -0.4 is 10.5 Å². The van der Waals surface area contributed by atoms with E-state index in [4.69, 9.17) is 10.5 Å². The van der Waals surface area contributed by atoms with Gasteiger partial charge in [0, 0.05) is 15.6 Å². The molecule has 29 heavy (non-hydrogen) atoms. The number of nitrogen functional groups attached to an aromatic ring is 1. The van der Waals surface area contributed by atoms with Crippen molar-refractivity contribution < 1.29 is 4.74 Å². The number of anilines is 1. The fourth-order valence-electron chi connectivity index (χ4n) is 3.06. The van der Waals surface area contributed by atoms with Gasteiger partial charge in [-0.3, -0.25) is 0 Å². The molecule has 0 aliphatic heterocycles. The monoisotopic (exact) mass is 441 g/mol. The third-order valence-electron chi connectivity index (χ3n) is 4.40. The van der Waals surface area contributed by atoms with Crippen LogP contribution in [0.5, 0.6) is 11.5 Å². The zero-order valence-electron chi connectivity index (χ0n) is 15.3. The van der Waals surface area contributed by atoms with E-state index in [0.717, 1.165) is 21.3 Å². The first-order valence-electron chi connectivity index (χ1n) is 8.94. The van der Waals surface area contributed by atoms with Crippen LogP contribution in [0.4, 0.5) is 5.82 Å². The number of ether oxygens (including phenoxy) is 1. The SMILES string of the molecule is N#Cc1c(-c2cccc(Oc3ccccc3)c2)cc(-c2cccc(Br)c2)nc1N. The minimum Gasteiger partial charge on any atom is -0.457 e. The molecule has 140 valence electrons. The van der Waals surface area contributed by atoms with E-state index in [1.54, 1.807) is 0 Å². The van der Waals surface area contributed by atoms with Gasteiger partial charge in [-0.1, -0.05) is 58.4 Å². The van der Waals surface area contributed by atoms with Crippen molar-refractivity contribution in [3.63, 3.8) is 0 Å². The first kappa shape index (κ1) is 18.7. The van der Waals surface area contributed by atoms with Gasteiger partial charge in [0.15, 0.2) is 0 Å². The molecule has 4 rings (SSSR count). The maximum Gasteiger partial charge on any atom is 0.142 e. The van der Waals surface area contributed by atoms with Crippen molar-refractivity contribution in [1.29, 1.82) is 5.26 Å². The second-order valence-electron chi connectivity index (χ2n) is 6.38. The first-order chi connectivity index (χ1) is 14.1. The van der Waals surface area contributed by atoms with Gasteiger partial charge in [-0.2, -0.15) is 5.26 Å². The molecule has 0 radical (unpaired) electrons. The minimum absolute atomic E-state index is 0.203. The van der Waals surface area contributed by atoms with Crippen LogP contribution in [0.1, 0.15) is 5.56 Å². The highest BCUT2D eigenvalue weighted by Crippen LogP contribution is 2.34. The molecule has 2 N–H and O–H groups in total. The van der Waals surface area contributed by atoms with Crippen LogP contribution in [-0.4, -0.2) is 4.98 Å². The fourth-order valence-corrected chi connectivity index (χ4v) is 3.46. The lowest BCUT2D eigenvalue weighted by atomic mass is 9.98. The molecule has 3 aromatic carbocycles. The lowest BCUT2D eigenvalue weighted by molar-refractivity contribution is 0.483. The molecule has 0 bridgehead atoms.